The molecule has 28 heavy (non-hydrogen) atoms. The number of carbonyl (C=O) groups is 1. The second kappa shape index (κ2) is 9.38. The molecule has 1 amide bonds. The number of nitrogens with zero attached hydrogens (tertiary/aromatic N) is 2. The Bertz CT molecular complexity index is 636. The summed E-state index contributed by atoms with van der Waals surface area (Å²) in [5.41, 5.74) is 2.23. The van der Waals surface area contributed by atoms with E-state index in [0.717, 1.165) is 64.2 Å². The van der Waals surface area contributed by atoms with Crippen molar-refractivity contribution in [2.24, 2.45) is 5.41 Å². The number of amides is 1. The van der Waals surface area contributed by atoms with E-state index in [1.807, 2.05) is 36.1 Å². The van der Waals surface area contributed by atoms with Crippen molar-refractivity contribution in [1.82, 2.24) is 9.80 Å². The van der Waals surface area contributed by atoms with E-state index in [4.69, 9.17) is 9.47 Å². The molecular formula is C23H36N2O3. The molecule has 0 N–H and O–H groups in total. The van der Waals surface area contributed by atoms with Gasteiger partial charge in [-0.15, -0.1) is 0 Å². The molecule has 1 aromatic carbocycles. The summed E-state index contributed by atoms with van der Waals surface area (Å²) in [6.45, 7) is 11.7. The van der Waals surface area contributed by atoms with E-state index in [-0.39, 0.29) is 11.3 Å². The zero-order chi connectivity index (χ0) is 20.1. The minimum absolute atomic E-state index is 0.163. The summed E-state index contributed by atoms with van der Waals surface area (Å²) in [6.07, 6.45) is 3.48. The Kier molecular flexibility index (Phi) is 7.13. The SMILES string of the molecule is COCCN(C[C@@H]1CC2(CCN(C(=O)c3ccc(C)cc3)CC2)CO1)C(C)C. The molecule has 2 heterocycles. The van der Waals surface area contributed by atoms with Crippen LogP contribution in [0.25, 0.3) is 0 Å². The van der Waals surface area contributed by atoms with Crippen molar-refractivity contribution < 1.29 is 14.3 Å². The van der Waals surface area contributed by atoms with Crippen LogP contribution in [0.5, 0.6) is 0 Å². The molecule has 0 saturated carbocycles. The van der Waals surface area contributed by atoms with E-state index in [2.05, 4.69) is 18.7 Å². The highest BCUT2D eigenvalue weighted by Gasteiger charge is 2.43. The molecule has 5 heteroatoms. The average molecular weight is 389 g/mol. The minimum Gasteiger partial charge on any atom is -0.383 e. The Hall–Kier alpha value is -1.43. The van der Waals surface area contributed by atoms with E-state index in [0.29, 0.717) is 12.1 Å². The van der Waals surface area contributed by atoms with Gasteiger partial charge in [-0.1, -0.05) is 17.7 Å². The Morgan fingerprint density at radius 3 is 2.57 bits per heavy atom. The van der Waals surface area contributed by atoms with Gasteiger partial charge in [-0.25, -0.2) is 0 Å². The zero-order valence-electron chi connectivity index (χ0n) is 17.9. The molecule has 156 valence electrons. The molecule has 1 atom stereocenters. The first-order valence-corrected chi connectivity index (χ1v) is 10.6. The van der Waals surface area contributed by atoms with Crippen LogP contribution in [0.4, 0.5) is 0 Å². The van der Waals surface area contributed by atoms with Crippen LogP contribution in [-0.4, -0.2) is 74.4 Å². The number of carbonyl (C=O) groups excluding carboxylic acids is 1. The summed E-state index contributed by atoms with van der Waals surface area (Å²) in [5.74, 6) is 0.163. The number of aryl methyl sites for hydroxylation is 1. The maximum atomic E-state index is 12.8. The lowest BCUT2D eigenvalue weighted by molar-refractivity contribution is 0.0366. The number of benzene rings is 1. The van der Waals surface area contributed by atoms with E-state index < -0.39 is 0 Å². The van der Waals surface area contributed by atoms with Crippen molar-refractivity contribution in [2.45, 2.75) is 52.2 Å². The third-order valence-corrected chi connectivity index (χ3v) is 6.45. The number of hydrogen-bond donors (Lipinski definition) is 0. The summed E-state index contributed by atoms with van der Waals surface area (Å²) < 4.78 is 11.5. The Morgan fingerprint density at radius 2 is 1.96 bits per heavy atom. The highest BCUT2D eigenvalue weighted by atomic mass is 16.5. The molecule has 1 aromatic rings. The van der Waals surface area contributed by atoms with Crippen LogP contribution >= 0.6 is 0 Å². The summed E-state index contributed by atoms with van der Waals surface area (Å²) in [7, 11) is 1.76. The largest absolute Gasteiger partial charge is 0.383 e. The molecule has 3 rings (SSSR count). The van der Waals surface area contributed by atoms with Crippen LogP contribution in [0.15, 0.2) is 24.3 Å². The molecule has 2 aliphatic rings. The van der Waals surface area contributed by atoms with Crippen LogP contribution in [0, 0.1) is 12.3 Å². The molecule has 0 radical (unpaired) electrons. The monoisotopic (exact) mass is 388 g/mol. The normalized spacial score (nSPS) is 21.8. The predicted octanol–water partition coefficient (Wildman–Crippen LogP) is 3.36. The number of rotatable bonds is 7. The van der Waals surface area contributed by atoms with Crippen molar-refractivity contribution >= 4 is 5.91 Å². The van der Waals surface area contributed by atoms with Crippen molar-refractivity contribution in [3.8, 4) is 0 Å². The second-order valence-corrected chi connectivity index (χ2v) is 8.88. The molecule has 2 aliphatic heterocycles. The molecule has 5 nitrogen and oxygen atoms in total. The van der Waals surface area contributed by atoms with Gasteiger partial charge in [-0.3, -0.25) is 9.69 Å². The molecule has 0 unspecified atom stereocenters. The van der Waals surface area contributed by atoms with Gasteiger partial charge in [0.05, 0.1) is 19.3 Å². The van der Waals surface area contributed by atoms with Gasteiger partial charge in [0.15, 0.2) is 0 Å². The molecule has 0 aliphatic carbocycles. The van der Waals surface area contributed by atoms with Gasteiger partial charge in [0.2, 0.25) is 0 Å². The second-order valence-electron chi connectivity index (χ2n) is 8.88. The van der Waals surface area contributed by atoms with E-state index in [9.17, 15) is 4.79 Å². The lowest BCUT2D eigenvalue weighted by Crippen LogP contribution is -2.44. The summed E-state index contributed by atoms with van der Waals surface area (Å²) in [6, 6.07) is 8.40. The van der Waals surface area contributed by atoms with Gasteiger partial charge in [0.1, 0.15) is 0 Å². The smallest absolute Gasteiger partial charge is 0.253 e. The molecule has 2 saturated heterocycles. The van der Waals surface area contributed by atoms with Crippen LogP contribution < -0.4 is 0 Å². The number of ether oxygens (including phenoxy) is 2. The van der Waals surface area contributed by atoms with Crippen LogP contribution in [0.2, 0.25) is 0 Å². The molecule has 0 bridgehead atoms. The molecule has 0 aromatic heterocycles. The number of hydrogen-bond acceptors (Lipinski definition) is 4. The number of likely N-dealkylation sites (tertiary alicyclic amines) is 1. The lowest BCUT2D eigenvalue weighted by Gasteiger charge is -2.38. The first kappa shape index (κ1) is 21.3. The quantitative estimate of drug-likeness (QED) is 0.718. The van der Waals surface area contributed by atoms with Crippen molar-refractivity contribution in [3.05, 3.63) is 35.4 Å². The molecule has 1 spiro atoms. The standard InChI is InChI=1S/C23H36N2O3/c1-18(2)25(13-14-27-4)16-21-15-23(17-28-21)9-11-24(12-10-23)22(26)20-7-5-19(3)6-8-20/h5-8,18,21H,9-17H2,1-4H3/t21-/m0/s1. The molecular weight excluding hydrogens is 352 g/mol. The third-order valence-electron chi connectivity index (χ3n) is 6.45. The number of piperidine rings is 1. The summed E-state index contributed by atoms with van der Waals surface area (Å²) >= 11 is 0. The van der Waals surface area contributed by atoms with Gasteiger partial charge in [0, 0.05) is 44.9 Å². The fraction of sp³-hybridized carbons (Fsp3) is 0.696. The van der Waals surface area contributed by atoms with E-state index in [1.165, 1.54) is 5.56 Å². The van der Waals surface area contributed by atoms with Gasteiger partial charge in [-0.05, 0) is 57.6 Å². The number of methoxy groups -OCH3 is 1. The maximum Gasteiger partial charge on any atom is 0.253 e. The predicted molar refractivity (Wildman–Crippen MR) is 112 cm³/mol. The van der Waals surface area contributed by atoms with Crippen molar-refractivity contribution in [2.75, 3.05) is 46.5 Å². The first-order chi connectivity index (χ1) is 13.4. The maximum absolute atomic E-state index is 12.8. The van der Waals surface area contributed by atoms with Gasteiger partial charge in [0.25, 0.3) is 5.91 Å². The fourth-order valence-electron chi connectivity index (χ4n) is 4.45. The topological polar surface area (TPSA) is 42.0 Å². The zero-order valence-corrected chi connectivity index (χ0v) is 17.9. The van der Waals surface area contributed by atoms with Gasteiger partial charge >= 0.3 is 0 Å². The summed E-state index contributed by atoms with van der Waals surface area (Å²) in [5, 5.41) is 0. The Morgan fingerprint density at radius 1 is 1.29 bits per heavy atom. The average Bonchev–Trinajstić information content (AvgIpc) is 3.07. The minimum atomic E-state index is 0.163. The van der Waals surface area contributed by atoms with Crippen LogP contribution in [0.1, 0.15) is 49.0 Å². The highest BCUT2D eigenvalue weighted by molar-refractivity contribution is 5.94. The van der Waals surface area contributed by atoms with E-state index >= 15 is 0 Å². The Balaban J connectivity index is 1.51. The van der Waals surface area contributed by atoms with E-state index in [1.54, 1.807) is 7.11 Å². The van der Waals surface area contributed by atoms with Crippen LogP contribution in [0.3, 0.4) is 0 Å². The first-order valence-electron chi connectivity index (χ1n) is 10.6. The Labute approximate surface area is 170 Å². The summed E-state index contributed by atoms with van der Waals surface area (Å²) in [4.78, 5) is 17.2. The lowest BCUT2D eigenvalue weighted by atomic mass is 9.76. The van der Waals surface area contributed by atoms with Gasteiger partial charge in [-0.2, -0.15) is 0 Å². The third kappa shape index (κ3) is 5.13. The van der Waals surface area contributed by atoms with Gasteiger partial charge < -0.3 is 14.4 Å². The van der Waals surface area contributed by atoms with Crippen LogP contribution in [-0.2, 0) is 9.47 Å². The fourth-order valence-corrected chi connectivity index (χ4v) is 4.45. The van der Waals surface area contributed by atoms with Crippen molar-refractivity contribution in [1.29, 1.82) is 0 Å². The molecule has 2 fully saturated rings. The van der Waals surface area contributed by atoms with Crippen molar-refractivity contribution in [3.63, 3.8) is 0 Å². The highest BCUT2D eigenvalue weighted by Crippen LogP contribution is 2.42.